The van der Waals surface area contributed by atoms with Crippen molar-refractivity contribution in [2.24, 2.45) is 0 Å². The number of carbonyl (C=O) groups excluding carboxylic acids is 2. The molecule has 1 aliphatic rings. The number of carbonyl (C=O) groups is 2. The number of hydrogen-bond donors (Lipinski definition) is 0. The van der Waals surface area contributed by atoms with Crippen molar-refractivity contribution in [1.82, 2.24) is 0 Å². The van der Waals surface area contributed by atoms with Crippen molar-refractivity contribution in [1.29, 1.82) is 5.26 Å². The van der Waals surface area contributed by atoms with Crippen molar-refractivity contribution in [3.8, 4) is 17.6 Å². The summed E-state index contributed by atoms with van der Waals surface area (Å²) in [4.78, 5) is 39.4. The highest BCUT2D eigenvalue weighted by molar-refractivity contribution is 6.05. The van der Waals surface area contributed by atoms with Crippen molar-refractivity contribution in [2.45, 2.75) is 0 Å². The Kier molecular flexibility index (Phi) is 6.48. The molecule has 0 aromatic heterocycles. The van der Waals surface area contributed by atoms with Gasteiger partial charge in [-0.3, -0.25) is 14.9 Å². The Balaban J connectivity index is 1.87. The Bertz CT molecular complexity index is 1180. The number of nitro benzene ring substituents is 1. The molecule has 3 rings (SSSR count). The van der Waals surface area contributed by atoms with Gasteiger partial charge in [0.2, 0.25) is 5.78 Å². The highest BCUT2D eigenvalue weighted by Gasteiger charge is 2.32. The van der Waals surface area contributed by atoms with Gasteiger partial charge in [-0.1, -0.05) is 12.1 Å². The van der Waals surface area contributed by atoms with Crippen LogP contribution < -0.4 is 19.3 Å². The van der Waals surface area contributed by atoms with Gasteiger partial charge in [0.15, 0.2) is 18.1 Å². The number of rotatable bonds is 7. The molecule has 11 heteroatoms. The number of nitrogens with zero attached hydrogens (tertiary/aromatic N) is 4. The molecule has 11 nitrogen and oxygen atoms in total. The Labute approximate surface area is 189 Å². The summed E-state index contributed by atoms with van der Waals surface area (Å²) in [6.45, 7) is -0.783. The predicted molar refractivity (Wildman–Crippen MR) is 117 cm³/mol. The highest BCUT2D eigenvalue weighted by Crippen LogP contribution is 2.40. The molecule has 0 radical (unpaired) electrons. The van der Waals surface area contributed by atoms with E-state index in [1.54, 1.807) is 23.9 Å². The zero-order valence-corrected chi connectivity index (χ0v) is 18.3. The van der Waals surface area contributed by atoms with E-state index >= 15 is 0 Å². The van der Waals surface area contributed by atoms with E-state index in [0.29, 0.717) is 5.82 Å². The largest absolute Gasteiger partial charge is 0.493 e. The summed E-state index contributed by atoms with van der Waals surface area (Å²) in [5.74, 6) is -1.41. The number of Topliss-reactive ketones (excluding diaryl/α,β-unsaturated/α-hetero) is 1. The molecule has 0 bridgehead atoms. The standard InChI is InChI=1S/C22H20N4O7/c1-24-15-7-5-6-8-16(15)25(2)21(24)14(11-23)18(27)12-33-22(28)13-9-19(31-3)20(32-4)10-17(13)26(29)30/h5-10H,12H2,1-4H3. The van der Waals surface area contributed by atoms with Gasteiger partial charge in [-0.15, -0.1) is 0 Å². The van der Waals surface area contributed by atoms with E-state index in [1.807, 2.05) is 30.3 Å². The molecule has 0 saturated carbocycles. The zero-order chi connectivity index (χ0) is 24.3. The number of hydrogen-bond acceptors (Lipinski definition) is 10. The van der Waals surface area contributed by atoms with Gasteiger partial charge in [0.05, 0.1) is 36.6 Å². The van der Waals surface area contributed by atoms with Gasteiger partial charge in [0.25, 0.3) is 5.69 Å². The van der Waals surface area contributed by atoms with Crippen LogP contribution in [-0.4, -0.2) is 51.6 Å². The third kappa shape index (κ3) is 4.14. The molecule has 0 aliphatic carbocycles. The van der Waals surface area contributed by atoms with Gasteiger partial charge < -0.3 is 24.0 Å². The van der Waals surface area contributed by atoms with E-state index in [2.05, 4.69) is 0 Å². The van der Waals surface area contributed by atoms with Crippen LogP contribution in [0, 0.1) is 21.4 Å². The Morgan fingerprint density at radius 3 is 2.09 bits per heavy atom. The predicted octanol–water partition coefficient (Wildman–Crippen LogP) is 2.66. The van der Waals surface area contributed by atoms with E-state index in [1.165, 1.54) is 14.2 Å². The fourth-order valence-corrected chi connectivity index (χ4v) is 3.52. The average molecular weight is 452 g/mol. The maximum Gasteiger partial charge on any atom is 0.345 e. The lowest BCUT2D eigenvalue weighted by Crippen LogP contribution is -2.28. The smallest absolute Gasteiger partial charge is 0.345 e. The van der Waals surface area contributed by atoms with Crippen LogP contribution in [0.3, 0.4) is 0 Å². The van der Waals surface area contributed by atoms with Crippen LogP contribution in [0.15, 0.2) is 47.8 Å². The molecule has 0 unspecified atom stereocenters. The SMILES string of the molecule is COc1cc(C(=O)OCC(=O)C(C#N)=C2N(C)c3ccccc3N2C)c([N+](=O)[O-])cc1OC. The van der Waals surface area contributed by atoms with Gasteiger partial charge in [-0.05, 0) is 12.1 Å². The monoisotopic (exact) mass is 452 g/mol. The number of ether oxygens (including phenoxy) is 3. The van der Waals surface area contributed by atoms with E-state index in [0.717, 1.165) is 23.5 Å². The molecule has 33 heavy (non-hydrogen) atoms. The van der Waals surface area contributed by atoms with Crippen molar-refractivity contribution in [3.05, 3.63) is 63.5 Å². The lowest BCUT2D eigenvalue weighted by atomic mass is 10.1. The third-order valence-corrected chi connectivity index (χ3v) is 5.11. The molecule has 1 heterocycles. The number of benzene rings is 2. The van der Waals surface area contributed by atoms with Crippen LogP contribution in [0.25, 0.3) is 0 Å². The molecule has 0 saturated heterocycles. The minimum Gasteiger partial charge on any atom is -0.493 e. The number of anilines is 2. The summed E-state index contributed by atoms with van der Waals surface area (Å²) in [7, 11) is 6.02. The molecule has 2 aromatic carbocycles. The van der Waals surface area contributed by atoms with Crippen LogP contribution in [0.5, 0.6) is 11.5 Å². The van der Waals surface area contributed by atoms with E-state index in [9.17, 15) is 25.0 Å². The number of esters is 1. The van der Waals surface area contributed by atoms with E-state index in [4.69, 9.17) is 14.2 Å². The van der Waals surface area contributed by atoms with Gasteiger partial charge in [-0.25, -0.2) is 4.79 Å². The molecule has 1 aliphatic heterocycles. The van der Waals surface area contributed by atoms with Crippen molar-refractivity contribution < 1.29 is 28.7 Å². The van der Waals surface area contributed by atoms with Gasteiger partial charge in [0.1, 0.15) is 23.0 Å². The maximum atomic E-state index is 12.8. The molecule has 0 N–H and O–H groups in total. The lowest BCUT2D eigenvalue weighted by Gasteiger charge is -2.19. The number of fused-ring (bicyclic) bond motifs is 1. The van der Waals surface area contributed by atoms with Crippen LogP contribution in [0.1, 0.15) is 10.4 Å². The maximum absolute atomic E-state index is 12.8. The number of para-hydroxylation sites is 2. The van der Waals surface area contributed by atoms with E-state index in [-0.39, 0.29) is 17.1 Å². The molecular formula is C22H20N4O7. The second-order valence-electron chi connectivity index (χ2n) is 6.90. The van der Waals surface area contributed by atoms with E-state index < -0.39 is 34.5 Å². The summed E-state index contributed by atoms with van der Waals surface area (Å²) >= 11 is 0. The van der Waals surface area contributed by atoms with Crippen LogP contribution in [0.4, 0.5) is 17.1 Å². The fourth-order valence-electron chi connectivity index (χ4n) is 3.52. The number of nitro groups is 1. The average Bonchev–Trinajstić information content (AvgIpc) is 3.07. The highest BCUT2D eigenvalue weighted by atomic mass is 16.6. The molecule has 0 spiro atoms. The summed E-state index contributed by atoms with van der Waals surface area (Å²) < 4.78 is 15.1. The van der Waals surface area contributed by atoms with Crippen molar-refractivity contribution in [3.63, 3.8) is 0 Å². The normalized spacial score (nSPS) is 12.0. The van der Waals surface area contributed by atoms with Gasteiger partial charge in [0, 0.05) is 20.2 Å². The Morgan fingerprint density at radius 2 is 1.61 bits per heavy atom. The first-order chi connectivity index (χ1) is 15.7. The quantitative estimate of drug-likeness (QED) is 0.203. The molecule has 0 fully saturated rings. The molecule has 0 atom stereocenters. The minimum absolute atomic E-state index is 0.0557. The minimum atomic E-state index is -1.12. The molecule has 2 aromatic rings. The first-order valence-corrected chi connectivity index (χ1v) is 9.56. The van der Waals surface area contributed by atoms with Crippen LogP contribution in [0.2, 0.25) is 0 Å². The number of ketones is 1. The summed E-state index contributed by atoms with van der Waals surface area (Å²) in [5.41, 5.74) is 0.390. The van der Waals surface area contributed by atoms with Crippen molar-refractivity contribution in [2.75, 3.05) is 44.7 Å². The zero-order valence-electron chi connectivity index (χ0n) is 18.3. The topological polar surface area (TPSA) is 135 Å². The summed E-state index contributed by atoms with van der Waals surface area (Å²) in [5, 5.41) is 21.1. The van der Waals surface area contributed by atoms with Crippen LogP contribution in [-0.2, 0) is 9.53 Å². The second kappa shape index (κ2) is 9.27. The first kappa shape index (κ1) is 23.1. The Hall–Kier alpha value is -4.59. The fraction of sp³-hybridized carbons (Fsp3) is 0.227. The van der Waals surface area contributed by atoms with Crippen LogP contribution >= 0.6 is 0 Å². The lowest BCUT2D eigenvalue weighted by molar-refractivity contribution is -0.385. The number of methoxy groups -OCH3 is 2. The third-order valence-electron chi connectivity index (χ3n) is 5.11. The summed E-state index contributed by atoms with van der Waals surface area (Å²) in [6.07, 6.45) is 0. The summed E-state index contributed by atoms with van der Waals surface area (Å²) in [6, 6.07) is 11.3. The van der Waals surface area contributed by atoms with Crippen molar-refractivity contribution >= 4 is 28.8 Å². The Morgan fingerprint density at radius 1 is 1.06 bits per heavy atom. The number of nitriles is 1. The second-order valence-corrected chi connectivity index (χ2v) is 6.90. The van der Waals surface area contributed by atoms with Gasteiger partial charge in [-0.2, -0.15) is 5.26 Å². The molecular weight excluding hydrogens is 432 g/mol. The first-order valence-electron chi connectivity index (χ1n) is 9.56. The molecule has 0 amide bonds. The van der Waals surface area contributed by atoms with Gasteiger partial charge >= 0.3 is 5.97 Å². The molecule has 170 valence electrons.